The van der Waals surface area contributed by atoms with Crippen LogP contribution in [-0.4, -0.2) is 33.7 Å². The van der Waals surface area contributed by atoms with Gasteiger partial charge in [-0.1, -0.05) is 30.2 Å². The van der Waals surface area contributed by atoms with Gasteiger partial charge in [-0.25, -0.2) is 0 Å². The first-order valence-corrected chi connectivity index (χ1v) is 9.94. The van der Waals surface area contributed by atoms with Crippen LogP contribution in [-0.2, 0) is 13.1 Å². The van der Waals surface area contributed by atoms with Crippen molar-refractivity contribution in [2.45, 2.75) is 32.4 Å². The van der Waals surface area contributed by atoms with Crippen molar-refractivity contribution in [1.82, 2.24) is 14.7 Å². The van der Waals surface area contributed by atoms with Crippen molar-refractivity contribution < 1.29 is 9.21 Å². The fraction of sp³-hybridized carbons (Fsp3) is 0.333. The van der Waals surface area contributed by atoms with Gasteiger partial charge in [-0.3, -0.25) is 14.4 Å². The molecule has 0 spiro atoms. The van der Waals surface area contributed by atoms with Crippen LogP contribution in [0.2, 0.25) is 5.02 Å². The summed E-state index contributed by atoms with van der Waals surface area (Å²) in [7, 11) is 0. The fourth-order valence-electron chi connectivity index (χ4n) is 3.44. The van der Waals surface area contributed by atoms with Gasteiger partial charge in [0.15, 0.2) is 11.6 Å². The molecule has 1 fully saturated rings. The fourth-order valence-corrected chi connectivity index (χ4v) is 3.65. The second-order valence-corrected chi connectivity index (χ2v) is 7.52. The van der Waals surface area contributed by atoms with E-state index in [0.29, 0.717) is 23.1 Å². The molecule has 1 amide bonds. The molecule has 1 aromatic carbocycles. The predicted octanol–water partition coefficient (Wildman–Crippen LogP) is 4.42. The molecule has 3 aromatic rings. The van der Waals surface area contributed by atoms with Crippen molar-refractivity contribution >= 4 is 23.3 Å². The maximum absolute atomic E-state index is 12.4. The minimum Gasteiger partial charge on any atom is -0.455 e. The molecule has 1 aliphatic heterocycles. The van der Waals surface area contributed by atoms with E-state index in [1.54, 1.807) is 16.8 Å². The minimum absolute atomic E-state index is 0.294. The number of carbonyl (C=O) groups is 1. The number of likely N-dealkylation sites (tertiary alicyclic amines) is 1. The smallest absolute Gasteiger partial charge is 0.292 e. The average molecular weight is 399 g/mol. The number of anilines is 1. The summed E-state index contributed by atoms with van der Waals surface area (Å²) in [5, 5.41) is 7.87. The number of aromatic nitrogens is 2. The van der Waals surface area contributed by atoms with Crippen LogP contribution in [0.3, 0.4) is 0 Å². The first-order valence-electron chi connectivity index (χ1n) is 9.56. The third kappa shape index (κ3) is 4.82. The van der Waals surface area contributed by atoms with E-state index in [1.807, 2.05) is 36.5 Å². The summed E-state index contributed by atoms with van der Waals surface area (Å²) in [6, 6.07) is 13.0. The zero-order chi connectivity index (χ0) is 19.3. The first-order chi connectivity index (χ1) is 13.7. The number of piperidine rings is 1. The summed E-state index contributed by atoms with van der Waals surface area (Å²) in [5.74, 6) is 1.31. The number of nitrogens with zero attached hydrogens (tertiary/aromatic N) is 3. The van der Waals surface area contributed by atoms with Crippen LogP contribution in [0.5, 0.6) is 0 Å². The molecule has 0 saturated carbocycles. The Hall–Kier alpha value is -2.57. The highest BCUT2D eigenvalue weighted by atomic mass is 35.5. The molecular weight excluding hydrogens is 376 g/mol. The molecule has 1 saturated heterocycles. The molecular formula is C21H23ClN4O2. The number of halogens is 1. The summed E-state index contributed by atoms with van der Waals surface area (Å²) in [6.45, 7) is 3.51. The quantitative estimate of drug-likeness (QED) is 0.667. The van der Waals surface area contributed by atoms with E-state index in [2.05, 4.69) is 15.3 Å². The predicted molar refractivity (Wildman–Crippen MR) is 109 cm³/mol. The van der Waals surface area contributed by atoms with Gasteiger partial charge in [-0.15, -0.1) is 0 Å². The van der Waals surface area contributed by atoms with Crippen LogP contribution in [0.25, 0.3) is 0 Å². The first kappa shape index (κ1) is 18.8. The monoisotopic (exact) mass is 398 g/mol. The van der Waals surface area contributed by atoms with Gasteiger partial charge in [-0.05, 0) is 55.8 Å². The number of carbonyl (C=O) groups excluding carboxylic acids is 1. The molecule has 3 heterocycles. The van der Waals surface area contributed by atoms with Gasteiger partial charge in [0.05, 0.1) is 13.1 Å². The van der Waals surface area contributed by atoms with E-state index in [1.165, 1.54) is 19.3 Å². The molecule has 1 N–H and O–H groups in total. The van der Waals surface area contributed by atoms with Crippen LogP contribution in [0, 0.1) is 0 Å². The Bertz CT molecular complexity index is 943. The van der Waals surface area contributed by atoms with Gasteiger partial charge in [0.25, 0.3) is 5.91 Å². The maximum atomic E-state index is 12.4. The second-order valence-electron chi connectivity index (χ2n) is 7.09. The van der Waals surface area contributed by atoms with Crippen molar-refractivity contribution in [2.24, 2.45) is 0 Å². The lowest BCUT2D eigenvalue weighted by molar-refractivity contribution is 0.0991. The third-order valence-electron chi connectivity index (χ3n) is 4.83. The number of benzene rings is 1. The molecule has 6 nitrogen and oxygen atoms in total. The Morgan fingerprint density at radius 3 is 2.79 bits per heavy atom. The normalized spacial score (nSPS) is 14.9. The van der Waals surface area contributed by atoms with E-state index in [-0.39, 0.29) is 5.91 Å². The van der Waals surface area contributed by atoms with Crippen LogP contribution < -0.4 is 5.32 Å². The molecule has 4 rings (SSSR count). The summed E-state index contributed by atoms with van der Waals surface area (Å²) in [4.78, 5) is 14.8. The van der Waals surface area contributed by atoms with Gasteiger partial charge in [0, 0.05) is 17.3 Å². The van der Waals surface area contributed by atoms with Crippen LogP contribution in [0.4, 0.5) is 5.82 Å². The number of hydrogen-bond acceptors (Lipinski definition) is 4. The van der Waals surface area contributed by atoms with E-state index in [9.17, 15) is 4.79 Å². The van der Waals surface area contributed by atoms with Crippen molar-refractivity contribution in [3.63, 3.8) is 0 Å². The number of hydrogen-bond donors (Lipinski definition) is 1. The van der Waals surface area contributed by atoms with Crippen LogP contribution >= 0.6 is 11.6 Å². The lowest BCUT2D eigenvalue weighted by Gasteiger charge is -2.25. The number of rotatable bonds is 6. The van der Waals surface area contributed by atoms with Crippen molar-refractivity contribution in [3.05, 3.63) is 70.8 Å². The zero-order valence-electron chi connectivity index (χ0n) is 15.6. The lowest BCUT2D eigenvalue weighted by atomic mass is 10.1. The largest absolute Gasteiger partial charge is 0.455 e. The number of amides is 1. The van der Waals surface area contributed by atoms with Gasteiger partial charge in [0.2, 0.25) is 0 Å². The van der Waals surface area contributed by atoms with E-state index < -0.39 is 0 Å². The summed E-state index contributed by atoms with van der Waals surface area (Å²) < 4.78 is 7.49. The van der Waals surface area contributed by atoms with E-state index >= 15 is 0 Å². The average Bonchev–Trinajstić information content (AvgIpc) is 3.32. The zero-order valence-corrected chi connectivity index (χ0v) is 16.4. The number of furan rings is 1. The number of nitrogens with one attached hydrogen (secondary N) is 1. The van der Waals surface area contributed by atoms with Gasteiger partial charge in [-0.2, -0.15) is 5.10 Å². The second kappa shape index (κ2) is 8.63. The van der Waals surface area contributed by atoms with Crippen LogP contribution in [0.1, 0.15) is 41.1 Å². The Kier molecular flexibility index (Phi) is 5.78. The van der Waals surface area contributed by atoms with Gasteiger partial charge >= 0.3 is 0 Å². The van der Waals surface area contributed by atoms with Crippen LogP contribution in [0.15, 0.2) is 53.1 Å². The Labute approximate surface area is 169 Å². The lowest BCUT2D eigenvalue weighted by Crippen LogP contribution is -2.28. The highest BCUT2D eigenvalue weighted by molar-refractivity contribution is 6.30. The van der Waals surface area contributed by atoms with Gasteiger partial charge in [0.1, 0.15) is 5.76 Å². The minimum atomic E-state index is -0.294. The molecule has 0 bridgehead atoms. The SMILES string of the molecule is O=C(Nc1ccn(Cc2cccc(Cl)c2)n1)c1ccc(CN2CCCCC2)o1. The Balaban J connectivity index is 1.34. The molecule has 0 aliphatic carbocycles. The molecule has 1 aliphatic rings. The molecule has 0 radical (unpaired) electrons. The van der Waals surface area contributed by atoms with Crippen molar-refractivity contribution in [2.75, 3.05) is 18.4 Å². The van der Waals surface area contributed by atoms with Crippen molar-refractivity contribution in [3.8, 4) is 0 Å². The third-order valence-corrected chi connectivity index (χ3v) is 5.06. The highest BCUT2D eigenvalue weighted by Crippen LogP contribution is 2.17. The van der Waals surface area contributed by atoms with Crippen molar-refractivity contribution in [1.29, 1.82) is 0 Å². The maximum Gasteiger partial charge on any atom is 0.292 e. The molecule has 0 atom stereocenters. The molecule has 146 valence electrons. The molecule has 2 aromatic heterocycles. The van der Waals surface area contributed by atoms with Gasteiger partial charge < -0.3 is 9.73 Å². The molecule has 7 heteroatoms. The summed E-state index contributed by atoms with van der Waals surface area (Å²) in [5.41, 5.74) is 1.04. The summed E-state index contributed by atoms with van der Waals surface area (Å²) in [6.07, 6.45) is 5.57. The molecule has 0 unspecified atom stereocenters. The topological polar surface area (TPSA) is 63.3 Å². The Morgan fingerprint density at radius 2 is 1.96 bits per heavy atom. The Morgan fingerprint density at radius 1 is 1.11 bits per heavy atom. The molecule has 28 heavy (non-hydrogen) atoms. The highest BCUT2D eigenvalue weighted by Gasteiger charge is 2.16. The van der Waals surface area contributed by atoms with E-state index in [0.717, 1.165) is 31.0 Å². The summed E-state index contributed by atoms with van der Waals surface area (Å²) >= 11 is 6.02. The van der Waals surface area contributed by atoms with E-state index in [4.69, 9.17) is 16.0 Å². The standard InChI is InChI=1S/C21H23ClN4O2/c22-17-6-4-5-16(13-17)14-26-12-9-20(24-26)23-21(27)19-8-7-18(28-19)15-25-10-2-1-3-11-25/h4-9,12-13H,1-3,10-11,14-15H2,(H,23,24,27).